The summed E-state index contributed by atoms with van der Waals surface area (Å²) < 4.78 is 2.17. The van der Waals surface area contributed by atoms with Crippen LogP contribution in [0.15, 0.2) is 16.6 Å². The first-order chi connectivity index (χ1) is 7.58. The highest BCUT2D eigenvalue weighted by atomic mass is 32.2. The first-order valence-corrected chi connectivity index (χ1v) is 7.20. The summed E-state index contributed by atoms with van der Waals surface area (Å²) in [5.74, 6) is 0. The van der Waals surface area contributed by atoms with Crippen molar-refractivity contribution in [3.05, 3.63) is 17.3 Å². The largest absolute Gasteiger partial charge is 0.328 e. The number of imidazole rings is 1. The van der Waals surface area contributed by atoms with Crippen LogP contribution in [-0.2, 0) is 6.42 Å². The van der Waals surface area contributed by atoms with Crippen LogP contribution >= 0.6 is 23.1 Å². The molecule has 0 amide bonds. The molecule has 2 N–H and O–H groups in total. The molecule has 0 aliphatic carbocycles. The number of nitrogens with two attached hydrogens (primary N) is 1. The maximum Gasteiger partial charge on any atom is 0.194 e. The summed E-state index contributed by atoms with van der Waals surface area (Å²) in [6, 6.07) is 0.173. The van der Waals surface area contributed by atoms with E-state index in [-0.39, 0.29) is 6.04 Å². The summed E-state index contributed by atoms with van der Waals surface area (Å²) in [6.45, 7) is 6.41. The molecule has 1 unspecified atom stereocenters. The number of thiazole rings is 1. The van der Waals surface area contributed by atoms with E-state index in [1.54, 1.807) is 11.3 Å². The number of thioether (sulfide) groups is 1. The Bertz CT molecular complexity index is 470. The first kappa shape index (κ1) is 12.0. The van der Waals surface area contributed by atoms with Crippen LogP contribution in [0.4, 0.5) is 0 Å². The zero-order chi connectivity index (χ0) is 11.7. The fourth-order valence-corrected chi connectivity index (χ4v) is 3.32. The average Bonchev–Trinajstić information content (AvgIpc) is 2.68. The summed E-state index contributed by atoms with van der Waals surface area (Å²) in [7, 11) is 0. The molecular weight excluding hydrogens is 238 g/mol. The normalized spacial score (nSPS) is 13.8. The molecule has 0 bridgehead atoms. The van der Waals surface area contributed by atoms with Gasteiger partial charge in [-0.05, 0) is 6.92 Å². The third kappa shape index (κ3) is 2.42. The molecule has 0 saturated heterocycles. The van der Waals surface area contributed by atoms with E-state index in [0.29, 0.717) is 5.25 Å². The van der Waals surface area contributed by atoms with Gasteiger partial charge in [0.05, 0.1) is 5.69 Å². The quantitative estimate of drug-likeness (QED) is 0.854. The number of nitrogens with zero attached hydrogens (tertiary/aromatic N) is 2. The molecule has 2 rings (SSSR count). The molecule has 2 aromatic rings. The fourth-order valence-electron chi connectivity index (χ4n) is 1.62. The average molecular weight is 255 g/mol. The SMILES string of the molecule is CC(N)Cc1c(SC(C)C)nc2sccn12. The summed E-state index contributed by atoms with van der Waals surface area (Å²) in [6.07, 6.45) is 2.96. The van der Waals surface area contributed by atoms with Gasteiger partial charge in [0.2, 0.25) is 0 Å². The third-order valence-electron chi connectivity index (χ3n) is 2.19. The van der Waals surface area contributed by atoms with Crippen LogP contribution in [0.25, 0.3) is 4.96 Å². The molecule has 0 aliphatic rings. The molecule has 2 heterocycles. The van der Waals surface area contributed by atoms with Crippen LogP contribution in [0.2, 0.25) is 0 Å². The molecule has 0 aliphatic heterocycles. The Morgan fingerprint density at radius 2 is 2.25 bits per heavy atom. The zero-order valence-electron chi connectivity index (χ0n) is 9.80. The van der Waals surface area contributed by atoms with Crippen molar-refractivity contribution in [2.45, 2.75) is 43.5 Å². The molecule has 16 heavy (non-hydrogen) atoms. The molecule has 0 radical (unpaired) electrons. The van der Waals surface area contributed by atoms with Crippen LogP contribution in [0, 0.1) is 0 Å². The van der Waals surface area contributed by atoms with E-state index in [0.717, 1.165) is 16.4 Å². The van der Waals surface area contributed by atoms with Crippen molar-refractivity contribution >= 4 is 28.1 Å². The predicted octanol–water partition coefficient (Wildman–Crippen LogP) is 2.79. The molecule has 88 valence electrons. The minimum absolute atomic E-state index is 0.173. The van der Waals surface area contributed by atoms with Crippen molar-refractivity contribution in [1.29, 1.82) is 0 Å². The van der Waals surface area contributed by atoms with Crippen molar-refractivity contribution < 1.29 is 0 Å². The fraction of sp³-hybridized carbons (Fsp3) is 0.545. The van der Waals surface area contributed by atoms with E-state index in [4.69, 9.17) is 5.73 Å². The van der Waals surface area contributed by atoms with Gasteiger partial charge in [-0.25, -0.2) is 4.98 Å². The Morgan fingerprint density at radius 1 is 1.50 bits per heavy atom. The van der Waals surface area contributed by atoms with E-state index in [2.05, 4.69) is 34.8 Å². The van der Waals surface area contributed by atoms with Gasteiger partial charge in [0.15, 0.2) is 4.96 Å². The maximum absolute atomic E-state index is 5.90. The van der Waals surface area contributed by atoms with Gasteiger partial charge in [-0.2, -0.15) is 0 Å². The number of hydrogen-bond donors (Lipinski definition) is 1. The van der Waals surface area contributed by atoms with E-state index in [1.807, 2.05) is 18.7 Å². The summed E-state index contributed by atoms with van der Waals surface area (Å²) in [5, 5.41) is 3.76. The lowest BCUT2D eigenvalue weighted by molar-refractivity contribution is 0.706. The van der Waals surface area contributed by atoms with Crippen LogP contribution in [0.3, 0.4) is 0 Å². The van der Waals surface area contributed by atoms with Gasteiger partial charge in [-0.15, -0.1) is 23.1 Å². The maximum atomic E-state index is 5.90. The van der Waals surface area contributed by atoms with Crippen molar-refractivity contribution in [3.8, 4) is 0 Å². The van der Waals surface area contributed by atoms with Crippen LogP contribution in [0.1, 0.15) is 26.5 Å². The molecular formula is C11H17N3S2. The Kier molecular flexibility index (Phi) is 3.56. The molecule has 0 fully saturated rings. The first-order valence-electron chi connectivity index (χ1n) is 5.44. The van der Waals surface area contributed by atoms with Crippen LogP contribution in [-0.4, -0.2) is 20.7 Å². The van der Waals surface area contributed by atoms with E-state index >= 15 is 0 Å². The topological polar surface area (TPSA) is 43.3 Å². The van der Waals surface area contributed by atoms with Gasteiger partial charge in [0.25, 0.3) is 0 Å². The number of hydrogen-bond acceptors (Lipinski definition) is 4. The molecule has 1 atom stereocenters. The Morgan fingerprint density at radius 3 is 2.88 bits per heavy atom. The monoisotopic (exact) mass is 255 g/mol. The summed E-state index contributed by atoms with van der Waals surface area (Å²) in [5.41, 5.74) is 7.15. The standard InChI is InChI=1S/C11H17N3S2/c1-7(2)16-10-9(6-8(3)12)14-4-5-15-11(14)13-10/h4-5,7-8H,6,12H2,1-3H3. The molecule has 2 aromatic heterocycles. The summed E-state index contributed by atoms with van der Waals surface area (Å²) in [4.78, 5) is 5.72. The second-order valence-electron chi connectivity index (χ2n) is 4.27. The highest BCUT2D eigenvalue weighted by Gasteiger charge is 2.15. The van der Waals surface area contributed by atoms with Crippen molar-refractivity contribution in [1.82, 2.24) is 9.38 Å². The summed E-state index contributed by atoms with van der Waals surface area (Å²) >= 11 is 3.49. The smallest absolute Gasteiger partial charge is 0.194 e. The Balaban J connectivity index is 2.41. The van der Waals surface area contributed by atoms with Crippen molar-refractivity contribution in [2.75, 3.05) is 0 Å². The van der Waals surface area contributed by atoms with Gasteiger partial charge in [0.1, 0.15) is 5.03 Å². The van der Waals surface area contributed by atoms with E-state index in [1.165, 1.54) is 5.69 Å². The van der Waals surface area contributed by atoms with Gasteiger partial charge in [-0.3, -0.25) is 4.40 Å². The Hall–Kier alpha value is -0.520. The highest BCUT2D eigenvalue weighted by Crippen LogP contribution is 2.29. The molecule has 3 nitrogen and oxygen atoms in total. The minimum Gasteiger partial charge on any atom is -0.328 e. The molecule has 0 saturated carbocycles. The number of aromatic nitrogens is 2. The number of fused-ring (bicyclic) bond motifs is 1. The molecule has 5 heteroatoms. The van der Waals surface area contributed by atoms with Gasteiger partial charge in [0, 0.05) is 29.3 Å². The van der Waals surface area contributed by atoms with Crippen molar-refractivity contribution in [2.24, 2.45) is 5.73 Å². The number of rotatable bonds is 4. The van der Waals surface area contributed by atoms with Crippen molar-refractivity contribution in [3.63, 3.8) is 0 Å². The molecule has 0 aromatic carbocycles. The van der Waals surface area contributed by atoms with Gasteiger partial charge < -0.3 is 5.73 Å². The second kappa shape index (κ2) is 4.77. The predicted molar refractivity (Wildman–Crippen MR) is 71.4 cm³/mol. The molecule has 0 spiro atoms. The minimum atomic E-state index is 0.173. The van der Waals surface area contributed by atoms with E-state index in [9.17, 15) is 0 Å². The van der Waals surface area contributed by atoms with E-state index < -0.39 is 0 Å². The Labute approximate surface area is 104 Å². The van der Waals surface area contributed by atoms with Crippen LogP contribution in [0.5, 0.6) is 0 Å². The van der Waals surface area contributed by atoms with Gasteiger partial charge >= 0.3 is 0 Å². The van der Waals surface area contributed by atoms with Crippen LogP contribution < -0.4 is 5.73 Å². The highest BCUT2D eigenvalue weighted by molar-refractivity contribution is 7.99. The lowest BCUT2D eigenvalue weighted by Gasteiger charge is -2.08. The zero-order valence-corrected chi connectivity index (χ0v) is 11.4. The lowest BCUT2D eigenvalue weighted by atomic mass is 10.2. The third-order valence-corrected chi connectivity index (χ3v) is 3.97. The second-order valence-corrected chi connectivity index (χ2v) is 6.71. The van der Waals surface area contributed by atoms with Gasteiger partial charge in [-0.1, -0.05) is 13.8 Å². The lowest BCUT2D eigenvalue weighted by Crippen LogP contribution is -2.19.